The summed E-state index contributed by atoms with van der Waals surface area (Å²) >= 11 is 0. The number of fused-ring (bicyclic) bond motifs is 6. The van der Waals surface area contributed by atoms with Gasteiger partial charge in [0, 0.05) is 35.5 Å². The van der Waals surface area contributed by atoms with E-state index < -0.39 is 0 Å². The Morgan fingerprint density at radius 2 is 1.16 bits per heavy atom. The third-order valence-electron chi connectivity index (χ3n) is 11.0. The number of likely N-dealkylation sites (N-methyl/N-ethyl adjacent to an activating group) is 1. The van der Waals surface area contributed by atoms with Gasteiger partial charge in [-0.3, -0.25) is 0 Å². The second-order valence-electron chi connectivity index (χ2n) is 14.2. The fourth-order valence-corrected chi connectivity index (χ4v) is 8.76. The van der Waals surface area contributed by atoms with Crippen molar-refractivity contribution in [2.75, 3.05) is 19.0 Å². The summed E-state index contributed by atoms with van der Waals surface area (Å²) in [5.41, 5.74) is 10.4. The van der Waals surface area contributed by atoms with Gasteiger partial charge in [0.25, 0.3) is 0 Å². The molecule has 0 bridgehead atoms. The van der Waals surface area contributed by atoms with Gasteiger partial charge in [0.05, 0.1) is 10.8 Å². The van der Waals surface area contributed by atoms with E-state index in [-0.39, 0.29) is 10.8 Å². The lowest BCUT2D eigenvalue weighted by Crippen LogP contribution is -2.33. The summed E-state index contributed by atoms with van der Waals surface area (Å²) in [6, 6.07) is 48.6. The molecule has 2 atom stereocenters. The van der Waals surface area contributed by atoms with Crippen molar-refractivity contribution in [3.8, 4) is 0 Å². The van der Waals surface area contributed by atoms with Gasteiger partial charge in [-0.1, -0.05) is 140 Å². The van der Waals surface area contributed by atoms with Crippen LogP contribution in [0.5, 0.6) is 0 Å². The van der Waals surface area contributed by atoms with Crippen molar-refractivity contribution in [2.24, 2.45) is 0 Å². The Labute approximate surface area is 290 Å². The van der Waals surface area contributed by atoms with Crippen LogP contribution in [0.1, 0.15) is 36.1 Å². The van der Waals surface area contributed by atoms with E-state index >= 15 is 0 Å². The van der Waals surface area contributed by atoms with E-state index in [4.69, 9.17) is 0 Å². The third kappa shape index (κ3) is 5.14. The summed E-state index contributed by atoms with van der Waals surface area (Å²) < 4.78 is 2.42. The highest BCUT2D eigenvalue weighted by molar-refractivity contribution is 6.07. The van der Waals surface area contributed by atoms with Crippen LogP contribution in [0.3, 0.4) is 0 Å². The standard InChI is InChI=1S/C47H43N2/c1-46(32-34-18-8-5-9-19-34)40-30-28-37-23-15-17-25-39(37)45(40)49(4)42(46)26-12-7-13-27-43-47(2,33-35-20-10-6-11-21-35)44-38-24-16-14-22-36(38)29-31-41(44)48(43)3/h5-31H,32-33H2,1-4H3/q+1. The van der Waals surface area contributed by atoms with E-state index in [0.717, 1.165) is 12.8 Å². The first kappa shape index (κ1) is 30.8. The highest BCUT2D eigenvalue weighted by Gasteiger charge is 2.47. The Kier molecular flexibility index (Phi) is 7.68. The maximum absolute atomic E-state index is 2.42. The van der Waals surface area contributed by atoms with E-state index in [0.29, 0.717) is 0 Å². The van der Waals surface area contributed by atoms with Gasteiger partial charge in [0.1, 0.15) is 7.05 Å². The highest BCUT2D eigenvalue weighted by Crippen LogP contribution is 2.52. The lowest BCUT2D eigenvalue weighted by Gasteiger charge is -2.29. The van der Waals surface area contributed by atoms with Crippen molar-refractivity contribution >= 4 is 38.6 Å². The molecule has 0 saturated heterocycles. The largest absolute Gasteiger partial charge is 0.347 e. The van der Waals surface area contributed by atoms with Gasteiger partial charge in [-0.15, -0.1) is 0 Å². The molecule has 8 rings (SSSR count). The molecule has 0 N–H and O–H groups in total. The van der Waals surface area contributed by atoms with Crippen LogP contribution in [0.25, 0.3) is 21.5 Å². The lowest BCUT2D eigenvalue weighted by molar-refractivity contribution is -0.399. The van der Waals surface area contributed by atoms with Crippen LogP contribution < -0.4 is 4.90 Å². The van der Waals surface area contributed by atoms with E-state index in [9.17, 15) is 0 Å². The van der Waals surface area contributed by atoms with Crippen molar-refractivity contribution in [1.82, 2.24) is 0 Å². The summed E-state index contributed by atoms with van der Waals surface area (Å²) in [6.07, 6.45) is 13.2. The SMILES string of the molecule is CN1C(=CC=CC=CC2=[N+](C)c3c(ccc4ccccc34)C2(C)Cc2ccccc2)C(C)(Cc2ccccc2)c2c1ccc1ccccc21. The molecular formula is C47H43N2+. The Morgan fingerprint density at radius 3 is 1.86 bits per heavy atom. The molecule has 49 heavy (non-hydrogen) atoms. The number of allylic oxidation sites excluding steroid dienone is 6. The monoisotopic (exact) mass is 635 g/mol. The third-order valence-corrected chi connectivity index (χ3v) is 11.0. The van der Waals surface area contributed by atoms with Gasteiger partial charge in [-0.2, -0.15) is 4.58 Å². The van der Waals surface area contributed by atoms with Crippen LogP contribution in [0.2, 0.25) is 0 Å². The molecule has 6 aromatic carbocycles. The minimum Gasteiger partial charge on any atom is -0.347 e. The van der Waals surface area contributed by atoms with E-state index in [1.807, 2.05) is 0 Å². The van der Waals surface area contributed by atoms with Gasteiger partial charge in [-0.25, -0.2) is 0 Å². The zero-order valence-corrected chi connectivity index (χ0v) is 28.9. The maximum atomic E-state index is 2.42. The van der Waals surface area contributed by atoms with Crippen molar-refractivity contribution in [2.45, 2.75) is 37.5 Å². The summed E-state index contributed by atoms with van der Waals surface area (Å²) in [5.74, 6) is 0. The van der Waals surface area contributed by atoms with Gasteiger partial charge in [0.15, 0.2) is 5.71 Å². The average Bonchev–Trinajstić information content (AvgIpc) is 3.47. The number of rotatable bonds is 7. The van der Waals surface area contributed by atoms with Crippen LogP contribution in [0.15, 0.2) is 170 Å². The number of nitrogens with zero attached hydrogens (tertiary/aromatic N) is 2. The summed E-state index contributed by atoms with van der Waals surface area (Å²) in [7, 11) is 4.45. The molecule has 2 heteroatoms. The van der Waals surface area contributed by atoms with Crippen LogP contribution >= 0.6 is 0 Å². The van der Waals surface area contributed by atoms with Crippen LogP contribution in [0, 0.1) is 0 Å². The minimum atomic E-state index is -0.183. The van der Waals surface area contributed by atoms with E-state index in [2.05, 4.69) is 201 Å². The molecule has 0 fully saturated rings. The Balaban J connectivity index is 1.18. The molecule has 0 spiro atoms. The average molecular weight is 636 g/mol. The topological polar surface area (TPSA) is 6.25 Å². The van der Waals surface area contributed by atoms with Crippen LogP contribution in [-0.4, -0.2) is 24.4 Å². The Morgan fingerprint density at radius 1 is 0.592 bits per heavy atom. The molecule has 0 radical (unpaired) electrons. The molecule has 6 aromatic rings. The molecule has 2 aliphatic rings. The molecular weight excluding hydrogens is 593 g/mol. The lowest BCUT2D eigenvalue weighted by atomic mass is 9.74. The van der Waals surface area contributed by atoms with Crippen molar-refractivity contribution < 1.29 is 4.58 Å². The second-order valence-corrected chi connectivity index (χ2v) is 14.2. The normalized spacial score (nSPS) is 21.1. The van der Waals surface area contributed by atoms with E-state index in [1.165, 1.54) is 66.6 Å². The van der Waals surface area contributed by atoms with Crippen molar-refractivity contribution in [3.63, 3.8) is 0 Å². The maximum Gasteiger partial charge on any atom is 0.217 e. The Bertz CT molecular complexity index is 2330. The Hall–Kier alpha value is -5.47. The molecule has 2 nitrogen and oxygen atoms in total. The number of hydrogen-bond donors (Lipinski definition) is 0. The molecule has 2 heterocycles. The van der Waals surface area contributed by atoms with Gasteiger partial charge in [0.2, 0.25) is 5.69 Å². The highest BCUT2D eigenvalue weighted by atomic mass is 15.2. The molecule has 0 amide bonds. The number of anilines is 1. The summed E-state index contributed by atoms with van der Waals surface area (Å²) in [6.45, 7) is 4.83. The molecule has 2 aliphatic heterocycles. The van der Waals surface area contributed by atoms with Gasteiger partial charge in [-0.05, 0) is 77.7 Å². The minimum absolute atomic E-state index is 0.166. The van der Waals surface area contributed by atoms with Crippen molar-refractivity contribution in [3.05, 3.63) is 192 Å². The fraction of sp³-hybridized carbons (Fsp3) is 0.170. The number of hydrogen-bond acceptors (Lipinski definition) is 1. The van der Waals surface area contributed by atoms with E-state index in [1.54, 1.807) is 0 Å². The predicted molar refractivity (Wildman–Crippen MR) is 209 cm³/mol. The second kappa shape index (κ2) is 12.2. The zero-order valence-electron chi connectivity index (χ0n) is 28.9. The molecule has 0 aromatic heterocycles. The fourth-order valence-electron chi connectivity index (χ4n) is 8.76. The first-order valence-electron chi connectivity index (χ1n) is 17.4. The molecule has 240 valence electrons. The van der Waals surface area contributed by atoms with Gasteiger partial charge >= 0.3 is 0 Å². The number of benzene rings is 6. The molecule has 2 unspecified atom stereocenters. The van der Waals surface area contributed by atoms with Crippen molar-refractivity contribution in [1.29, 1.82) is 0 Å². The first-order valence-corrected chi connectivity index (χ1v) is 17.4. The predicted octanol–water partition coefficient (Wildman–Crippen LogP) is 10.9. The van der Waals surface area contributed by atoms with Crippen LogP contribution in [0.4, 0.5) is 11.4 Å². The van der Waals surface area contributed by atoms with Crippen LogP contribution in [-0.2, 0) is 23.7 Å². The molecule has 0 aliphatic carbocycles. The quantitative estimate of drug-likeness (QED) is 0.125. The summed E-state index contributed by atoms with van der Waals surface area (Å²) in [4.78, 5) is 2.40. The molecule has 0 saturated carbocycles. The van der Waals surface area contributed by atoms with Gasteiger partial charge < -0.3 is 4.90 Å². The smallest absolute Gasteiger partial charge is 0.217 e. The summed E-state index contributed by atoms with van der Waals surface area (Å²) in [5, 5.41) is 5.21. The first-order chi connectivity index (χ1) is 23.9. The zero-order chi connectivity index (χ0) is 33.6.